The van der Waals surface area contributed by atoms with Crippen molar-refractivity contribution >= 4 is 11.8 Å². The Balaban J connectivity index is 2.73. The van der Waals surface area contributed by atoms with Gasteiger partial charge < -0.3 is 10.2 Å². The molecule has 18 heavy (non-hydrogen) atoms. The summed E-state index contributed by atoms with van der Waals surface area (Å²) in [4.78, 5) is 20.6. The fourth-order valence-electron chi connectivity index (χ4n) is 1.55. The average Bonchev–Trinajstić information content (AvgIpc) is 2.68. The maximum Gasteiger partial charge on any atom is 0.470 e. The molecule has 2 N–H and O–H groups in total. The number of rotatable bonds is 3. The van der Waals surface area contributed by atoms with Crippen molar-refractivity contribution in [3.8, 4) is 11.1 Å². The Morgan fingerprint density at radius 1 is 1.33 bits per heavy atom. The molecule has 0 atom stereocenters. The molecule has 0 spiro atoms. The summed E-state index contributed by atoms with van der Waals surface area (Å²) in [5.41, 5.74) is 4.99. The van der Waals surface area contributed by atoms with Gasteiger partial charge in [0.1, 0.15) is 4.92 Å². The maximum atomic E-state index is 13.8. The molecule has 2 aromatic rings. The van der Waals surface area contributed by atoms with E-state index in [1.165, 1.54) is 12.1 Å². The molecule has 2 rings (SSSR count). The summed E-state index contributed by atoms with van der Waals surface area (Å²) in [5, 5.41) is 10.6. The third-order valence-corrected chi connectivity index (χ3v) is 2.29. The van der Waals surface area contributed by atoms with E-state index in [2.05, 4.69) is 4.42 Å². The summed E-state index contributed by atoms with van der Waals surface area (Å²) < 4.78 is 18.4. The molecule has 0 fully saturated rings. The van der Waals surface area contributed by atoms with E-state index in [0.717, 1.165) is 0 Å². The van der Waals surface area contributed by atoms with Crippen LogP contribution in [0.4, 0.5) is 10.3 Å². The van der Waals surface area contributed by atoms with Crippen LogP contribution in [0.15, 0.2) is 34.7 Å². The molecule has 0 saturated heterocycles. The lowest BCUT2D eigenvalue weighted by Crippen LogP contribution is -2.11. The number of halogens is 1. The normalized spacial score (nSPS) is 10.3. The van der Waals surface area contributed by atoms with E-state index >= 15 is 0 Å². The molecule has 7 heteroatoms. The molecular weight excluding hydrogens is 243 g/mol. The molecule has 0 radical (unpaired) electrons. The molecule has 0 aliphatic rings. The van der Waals surface area contributed by atoms with Crippen LogP contribution in [0.5, 0.6) is 0 Å². The van der Waals surface area contributed by atoms with E-state index in [4.69, 9.17) is 5.73 Å². The Kier molecular flexibility index (Phi) is 2.80. The number of benzene rings is 1. The lowest BCUT2D eigenvalue weighted by molar-refractivity contribution is -0.405. The molecule has 6 nitrogen and oxygen atoms in total. The van der Waals surface area contributed by atoms with Crippen molar-refractivity contribution in [2.24, 2.45) is 5.73 Å². The van der Waals surface area contributed by atoms with Gasteiger partial charge >= 0.3 is 5.88 Å². The number of furan rings is 1. The summed E-state index contributed by atoms with van der Waals surface area (Å²) in [6.07, 6.45) is 0. The average molecular weight is 250 g/mol. The van der Waals surface area contributed by atoms with E-state index in [1.54, 1.807) is 18.2 Å². The van der Waals surface area contributed by atoms with Crippen molar-refractivity contribution in [1.82, 2.24) is 0 Å². The molecule has 0 saturated carbocycles. The van der Waals surface area contributed by atoms with Gasteiger partial charge in [-0.3, -0.25) is 14.9 Å². The first-order valence-electron chi connectivity index (χ1n) is 4.84. The number of carbonyl (C=O) groups excluding carboxylic acids is 1. The molecule has 0 unspecified atom stereocenters. The monoisotopic (exact) mass is 250 g/mol. The molecule has 0 aliphatic heterocycles. The molecule has 1 amide bonds. The Hall–Kier alpha value is -2.70. The number of nitrogens with two attached hydrogens (primary N) is 1. The molecule has 1 aromatic carbocycles. The lowest BCUT2D eigenvalue weighted by atomic mass is 10.1. The van der Waals surface area contributed by atoms with Gasteiger partial charge in [0.2, 0.25) is 5.76 Å². The predicted octanol–water partition coefficient (Wildman–Crippen LogP) is 2.09. The van der Waals surface area contributed by atoms with Crippen molar-refractivity contribution in [2.45, 2.75) is 0 Å². The van der Waals surface area contributed by atoms with Crippen LogP contribution in [0.2, 0.25) is 0 Å². The second-order valence-corrected chi connectivity index (χ2v) is 3.41. The zero-order valence-corrected chi connectivity index (χ0v) is 8.92. The fraction of sp³-hybridized carbons (Fsp3) is 0. The summed E-state index contributed by atoms with van der Waals surface area (Å²) >= 11 is 0. The number of amides is 1. The number of carbonyl (C=O) groups is 1. The highest BCUT2D eigenvalue weighted by Crippen LogP contribution is 2.35. The Labute approximate surface area is 100.0 Å². The predicted molar refractivity (Wildman–Crippen MR) is 59.3 cm³/mol. The first-order chi connectivity index (χ1) is 8.52. The molecule has 1 heterocycles. The standard InChI is InChI=1S/C11H7FN2O4/c12-8-7(6-4-2-1-3-5-6)9(10(13)15)18-11(8)14(16)17/h1-5H,(H2,13,15). The smallest absolute Gasteiger partial charge is 0.392 e. The van der Waals surface area contributed by atoms with E-state index in [0.29, 0.717) is 0 Å². The van der Waals surface area contributed by atoms with E-state index < -0.39 is 28.3 Å². The van der Waals surface area contributed by atoms with Crippen molar-refractivity contribution < 1.29 is 18.5 Å². The molecule has 0 bridgehead atoms. The van der Waals surface area contributed by atoms with Crippen LogP contribution < -0.4 is 5.73 Å². The van der Waals surface area contributed by atoms with Gasteiger partial charge in [-0.2, -0.15) is 4.39 Å². The second-order valence-electron chi connectivity index (χ2n) is 3.41. The van der Waals surface area contributed by atoms with Crippen LogP contribution in [0, 0.1) is 15.9 Å². The van der Waals surface area contributed by atoms with Gasteiger partial charge in [-0.15, -0.1) is 0 Å². The van der Waals surface area contributed by atoms with Gasteiger partial charge in [0.15, 0.2) is 0 Å². The summed E-state index contributed by atoms with van der Waals surface area (Å²) in [6.45, 7) is 0. The number of hydrogen-bond donors (Lipinski definition) is 1. The Morgan fingerprint density at radius 2 is 1.94 bits per heavy atom. The third-order valence-electron chi connectivity index (χ3n) is 2.29. The highest BCUT2D eigenvalue weighted by molar-refractivity contribution is 5.98. The van der Waals surface area contributed by atoms with Crippen molar-refractivity contribution in [1.29, 1.82) is 0 Å². The van der Waals surface area contributed by atoms with E-state index in [-0.39, 0.29) is 11.1 Å². The molecule has 0 aliphatic carbocycles. The van der Waals surface area contributed by atoms with Crippen molar-refractivity contribution in [3.63, 3.8) is 0 Å². The largest absolute Gasteiger partial charge is 0.470 e. The van der Waals surface area contributed by atoms with E-state index in [1.807, 2.05) is 0 Å². The maximum absolute atomic E-state index is 13.8. The first kappa shape index (κ1) is 11.8. The topological polar surface area (TPSA) is 99.4 Å². The summed E-state index contributed by atoms with van der Waals surface area (Å²) in [5.74, 6) is -3.96. The zero-order valence-electron chi connectivity index (χ0n) is 8.92. The third kappa shape index (κ3) is 1.81. The summed E-state index contributed by atoms with van der Waals surface area (Å²) in [6, 6.07) is 7.85. The van der Waals surface area contributed by atoms with Crippen molar-refractivity contribution in [3.05, 3.63) is 52.0 Å². The molecule has 1 aromatic heterocycles. The van der Waals surface area contributed by atoms with Crippen LogP contribution in [0.3, 0.4) is 0 Å². The van der Waals surface area contributed by atoms with Crippen LogP contribution in [-0.4, -0.2) is 10.8 Å². The van der Waals surface area contributed by atoms with Crippen molar-refractivity contribution in [2.75, 3.05) is 0 Å². The zero-order chi connectivity index (χ0) is 13.3. The first-order valence-corrected chi connectivity index (χ1v) is 4.84. The van der Waals surface area contributed by atoms with Crippen LogP contribution in [0.25, 0.3) is 11.1 Å². The fourth-order valence-corrected chi connectivity index (χ4v) is 1.55. The molecular formula is C11H7FN2O4. The Morgan fingerprint density at radius 3 is 2.44 bits per heavy atom. The minimum absolute atomic E-state index is 0.278. The van der Waals surface area contributed by atoms with Crippen LogP contribution in [0.1, 0.15) is 10.6 Å². The highest BCUT2D eigenvalue weighted by atomic mass is 19.1. The van der Waals surface area contributed by atoms with Gasteiger partial charge in [-0.1, -0.05) is 30.3 Å². The van der Waals surface area contributed by atoms with Gasteiger partial charge in [0.05, 0.1) is 5.56 Å². The quantitative estimate of drug-likeness (QED) is 0.665. The SMILES string of the molecule is NC(=O)c1oc([N+](=O)[O-])c(F)c1-c1ccccc1. The van der Waals surface area contributed by atoms with Gasteiger partial charge in [-0.25, -0.2) is 0 Å². The minimum atomic E-state index is -1.21. The van der Waals surface area contributed by atoms with Gasteiger partial charge in [0, 0.05) is 0 Å². The van der Waals surface area contributed by atoms with Crippen LogP contribution in [-0.2, 0) is 0 Å². The van der Waals surface area contributed by atoms with Gasteiger partial charge in [-0.05, 0) is 5.56 Å². The highest BCUT2D eigenvalue weighted by Gasteiger charge is 2.32. The number of nitrogens with zero attached hydrogens (tertiary/aromatic N) is 1. The molecule has 92 valence electrons. The van der Waals surface area contributed by atoms with Gasteiger partial charge in [0.25, 0.3) is 11.7 Å². The second kappa shape index (κ2) is 4.28. The number of nitro groups is 1. The van der Waals surface area contributed by atoms with Crippen LogP contribution >= 0.6 is 0 Å². The Bertz CT molecular complexity index is 621. The van der Waals surface area contributed by atoms with E-state index in [9.17, 15) is 19.3 Å². The summed E-state index contributed by atoms with van der Waals surface area (Å²) in [7, 11) is 0. The minimum Gasteiger partial charge on any atom is -0.392 e. The lowest BCUT2D eigenvalue weighted by Gasteiger charge is -1.98. The number of hydrogen-bond acceptors (Lipinski definition) is 4. The number of primary amides is 1.